The lowest BCUT2D eigenvalue weighted by Crippen LogP contribution is -2.15. The fourth-order valence-corrected chi connectivity index (χ4v) is 7.39. The van der Waals surface area contributed by atoms with E-state index in [1.165, 1.54) is 12.1 Å². The molecule has 2 aromatic heterocycles. The number of nitrogens with zero attached hydrogens (tertiary/aromatic N) is 3. The van der Waals surface area contributed by atoms with Gasteiger partial charge in [0.05, 0.1) is 45.6 Å². The first kappa shape index (κ1) is 33.2. The molecule has 3 nitrogen and oxygen atoms in total. The molecule has 0 spiro atoms. The van der Waals surface area contributed by atoms with Crippen molar-refractivity contribution >= 4 is 49.3 Å². The SMILES string of the molecule is [C-]#[N+]c1cc(-c2cc(-n3c4cc(C)ccc4c4ccc(C)cc43)c(-n3c4cc(C)ccc4c4ccc(C)cc43)c(C(F)(F)F)c2)cc(C(F)(F)F)c1. The Labute approximate surface area is 294 Å². The molecule has 6 aromatic carbocycles. The number of rotatable bonds is 3. The molecule has 0 amide bonds. The Kier molecular flexibility index (Phi) is 7.33. The molecule has 0 saturated carbocycles. The van der Waals surface area contributed by atoms with Crippen LogP contribution >= 0.6 is 0 Å². The smallest absolute Gasteiger partial charge is 0.307 e. The molecular formula is C43H29F6N3. The van der Waals surface area contributed by atoms with Crippen LogP contribution in [0.3, 0.4) is 0 Å². The third-order valence-electron chi connectivity index (χ3n) is 9.72. The quantitative estimate of drug-likeness (QED) is 0.129. The maximum atomic E-state index is 15.8. The zero-order chi connectivity index (χ0) is 36.9. The minimum Gasteiger partial charge on any atom is -0.307 e. The number of alkyl halides is 6. The van der Waals surface area contributed by atoms with E-state index in [-0.39, 0.29) is 28.2 Å². The molecule has 0 aliphatic rings. The van der Waals surface area contributed by atoms with E-state index in [9.17, 15) is 13.2 Å². The molecule has 258 valence electrons. The second-order valence-corrected chi connectivity index (χ2v) is 13.5. The van der Waals surface area contributed by atoms with Crippen LogP contribution in [0.4, 0.5) is 32.0 Å². The Morgan fingerprint density at radius 2 is 0.904 bits per heavy atom. The average Bonchev–Trinajstić information content (AvgIpc) is 3.56. The summed E-state index contributed by atoms with van der Waals surface area (Å²) in [6, 6.07) is 28.1. The lowest BCUT2D eigenvalue weighted by atomic mass is 9.97. The molecule has 0 bridgehead atoms. The zero-order valence-corrected chi connectivity index (χ0v) is 28.4. The number of benzene rings is 6. The lowest BCUT2D eigenvalue weighted by molar-refractivity contribution is -0.138. The molecular weight excluding hydrogens is 672 g/mol. The van der Waals surface area contributed by atoms with E-state index in [1.54, 1.807) is 9.13 Å². The summed E-state index contributed by atoms with van der Waals surface area (Å²) in [5, 5.41) is 3.15. The van der Waals surface area contributed by atoms with Crippen molar-refractivity contribution in [3.05, 3.63) is 148 Å². The first-order valence-corrected chi connectivity index (χ1v) is 16.5. The van der Waals surface area contributed by atoms with Crippen LogP contribution in [0.15, 0.2) is 103 Å². The fourth-order valence-electron chi connectivity index (χ4n) is 7.39. The van der Waals surface area contributed by atoms with Crippen molar-refractivity contribution in [2.75, 3.05) is 0 Å². The summed E-state index contributed by atoms with van der Waals surface area (Å²) in [6.07, 6.45) is -9.78. The summed E-state index contributed by atoms with van der Waals surface area (Å²) >= 11 is 0. The van der Waals surface area contributed by atoms with Crippen molar-refractivity contribution in [1.29, 1.82) is 0 Å². The highest BCUT2D eigenvalue weighted by Crippen LogP contribution is 2.47. The van der Waals surface area contributed by atoms with Gasteiger partial charge in [0, 0.05) is 27.1 Å². The van der Waals surface area contributed by atoms with Gasteiger partial charge in [-0.3, -0.25) is 0 Å². The summed E-state index contributed by atoms with van der Waals surface area (Å²) < 4.78 is 93.3. The molecule has 0 atom stereocenters. The van der Waals surface area contributed by atoms with Gasteiger partial charge in [-0.2, -0.15) is 26.3 Å². The van der Waals surface area contributed by atoms with Crippen LogP contribution in [-0.2, 0) is 12.4 Å². The van der Waals surface area contributed by atoms with E-state index in [0.717, 1.165) is 55.9 Å². The Morgan fingerprint density at radius 1 is 0.481 bits per heavy atom. The fraction of sp³-hybridized carbons (Fsp3) is 0.140. The van der Waals surface area contributed by atoms with Gasteiger partial charge < -0.3 is 9.13 Å². The van der Waals surface area contributed by atoms with Crippen LogP contribution in [0.25, 0.3) is 71.0 Å². The first-order chi connectivity index (χ1) is 24.6. The maximum absolute atomic E-state index is 15.8. The highest BCUT2D eigenvalue weighted by molar-refractivity contribution is 6.12. The number of aryl methyl sites for hydroxylation is 4. The van der Waals surface area contributed by atoms with E-state index < -0.39 is 23.5 Å². The molecule has 0 aliphatic heterocycles. The van der Waals surface area contributed by atoms with Crippen LogP contribution in [0.5, 0.6) is 0 Å². The average molecular weight is 702 g/mol. The second kappa shape index (κ2) is 11.5. The number of hydrogen-bond acceptors (Lipinski definition) is 0. The first-order valence-electron chi connectivity index (χ1n) is 16.5. The molecule has 0 radical (unpaired) electrons. The van der Waals surface area contributed by atoms with Crippen LogP contribution < -0.4 is 0 Å². The van der Waals surface area contributed by atoms with Crippen LogP contribution in [-0.4, -0.2) is 9.13 Å². The van der Waals surface area contributed by atoms with E-state index in [4.69, 9.17) is 6.57 Å². The predicted molar refractivity (Wildman–Crippen MR) is 196 cm³/mol. The molecule has 0 fully saturated rings. The lowest BCUT2D eigenvalue weighted by Gasteiger charge is -2.24. The topological polar surface area (TPSA) is 14.2 Å². The van der Waals surface area contributed by atoms with E-state index in [2.05, 4.69) is 4.85 Å². The monoisotopic (exact) mass is 701 g/mol. The zero-order valence-electron chi connectivity index (χ0n) is 28.4. The van der Waals surface area contributed by atoms with Crippen molar-refractivity contribution < 1.29 is 26.3 Å². The highest BCUT2D eigenvalue weighted by atomic mass is 19.4. The van der Waals surface area contributed by atoms with Gasteiger partial charge in [0.25, 0.3) is 0 Å². The molecule has 8 aromatic rings. The molecule has 0 aliphatic carbocycles. The van der Waals surface area contributed by atoms with Crippen molar-refractivity contribution in [3.8, 4) is 22.5 Å². The third-order valence-corrected chi connectivity index (χ3v) is 9.72. The van der Waals surface area contributed by atoms with Gasteiger partial charge in [0.1, 0.15) is 0 Å². The van der Waals surface area contributed by atoms with Crippen LogP contribution in [0, 0.1) is 34.3 Å². The molecule has 0 unspecified atom stereocenters. The van der Waals surface area contributed by atoms with Gasteiger partial charge in [-0.15, -0.1) is 0 Å². The number of halogens is 6. The Hall–Kier alpha value is -6.01. The maximum Gasteiger partial charge on any atom is 0.418 e. The molecule has 0 saturated heterocycles. The molecule has 0 N–H and O–H groups in total. The van der Waals surface area contributed by atoms with Crippen molar-refractivity contribution in [2.45, 2.75) is 40.0 Å². The summed E-state index contributed by atoms with van der Waals surface area (Å²) in [4.78, 5) is 3.24. The van der Waals surface area contributed by atoms with Gasteiger partial charge in [-0.05, 0) is 116 Å². The molecule has 9 heteroatoms. The summed E-state index contributed by atoms with van der Waals surface area (Å²) in [6.45, 7) is 15.1. The number of aromatic nitrogens is 2. The molecule has 8 rings (SSSR count). The van der Waals surface area contributed by atoms with E-state index >= 15 is 13.2 Å². The predicted octanol–water partition coefficient (Wildman–Crippen LogP) is 13.4. The van der Waals surface area contributed by atoms with Gasteiger partial charge in [0.2, 0.25) is 0 Å². The minimum atomic E-state index is -4.95. The highest BCUT2D eigenvalue weighted by Gasteiger charge is 2.38. The minimum absolute atomic E-state index is 0.106. The van der Waals surface area contributed by atoms with Crippen LogP contribution in [0.2, 0.25) is 0 Å². The normalized spacial score (nSPS) is 12.4. The second-order valence-electron chi connectivity index (χ2n) is 13.5. The largest absolute Gasteiger partial charge is 0.418 e. The van der Waals surface area contributed by atoms with Crippen molar-refractivity contribution in [2.24, 2.45) is 0 Å². The van der Waals surface area contributed by atoms with E-state index in [1.807, 2.05) is 100 Å². The number of hydrogen-bond donors (Lipinski definition) is 0. The summed E-state index contributed by atoms with van der Waals surface area (Å²) in [5.74, 6) is 0. The van der Waals surface area contributed by atoms with Gasteiger partial charge in [0.15, 0.2) is 5.69 Å². The van der Waals surface area contributed by atoms with Gasteiger partial charge >= 0.3 is 12.4 Å². The Bertz CT molecular complexity index is 2710. The van der Waals surface area contributed by atoms with Gasteiger partial charge in [-0.1, -0.05) is 48.5 Å². The van der Waals surface area contributed by atoms with Gasteiger partial charge in [-0.25, -0.2) is 4.85 Å². The van der Waals surface area contributed by atoms with Crippen LogP contribution in [0.1, 0.15) is 33.4 Å². The Balaban J connectivity index is 1.64. The molecule has 52 heavy (non-hydrogen) atoms. The van der Waals surface area contributed by atoms with Crippen molar-refractivity contribution in [3.63, 3.8) is 0 Å². The number of fused-ring (bicyclic) bond motifs is 6. The Morgan fingerprint density at radius 3 is 1.31 bits per heavy atom. The van der Waals surface area contributed by atoms with E-state index in [0.29, 0.717) is 28.1 Å². The molecule has 2 heterocycles. The summed E-state index contributed by atoms with van der Waals surface area (Å²) in [5.41, 5.74) is 3.09. The summed E-state index contributed by atoms with van der Waals surface area (Å²) in [7, 11) is 0. The third kappa shape index (κ3) is 5.29. The standard InChI is InChI=1S/C43H29F6N3/c1-23-6-10-31-32-11-7-24(2)15-37(32)51(36(31)14-23)40-21-28(27-18-29(42(44,45)46)22-30(19-27)50-5)20-35(43(47,48)49)41(40)52-38-16-25(3)8-12-33(38)34-13-9-26(4)17-39(34)52/h6-22H,1-4H3. The van der Waals surface area contributed by atoms with Crippen molar-refractivity contribution in [1.82, 2.24) is 9.13 Å².